The molecule has 2 saturated heterocycles. The predicted molar refractivity (Wildman–Crippen MR) is 130 cm³/mol. The van der Waals surface area contributed by atoms with Gasteiger partial charge in [-0.25, -0.2) is 13.1 Å². The normalized spacial score (nSPS) is 18.8. The van der Waals surface area contributed by atoms with Gasteiger partial charge in [-0.05, 0) is 37.1 Å². The Hall–Kier alpha value is -2.21. The number of hydrogen-bond donors (Lipinski definition) is 0. The smallest absolute Gasteiger partial charge is 0.266 e. The molecule has 4 heterocycles. The molecule has 2 fully saturated rings. The van der Waals surface area contributed by atoms with Gasteiger partial charge in [-0.3, -0.25) is 9.59 Å². The molecule has 2 aromatic rings. The largest absolute Gasteiger partial charge is 0.355 e. The first-order valence-corrected chi connectivity index (χ1v) is 13.4. The van der Waals surface area contributed by atoms with E-state index in [1.165, 1.54) is 31.8 Å². The molecule has 0 atom stereocenters. The van der Waals surface area contributed by atoms with E-state index in [0.717, 1.165) is 10.7 Å². The van der Waals surface area contributed by atoms with Crippen LogP contribution >= 0.6 is 22.9 Å². The molecular formula is C21H26ClN5O4S2. The number of amides is 1. The minimum Gasteiger partial charge on any atom is -0.355 e. The minimum atomic E-state index is -3.55. The lowest BCUT2D eigenvalue weighted by atomic mass is 9.95. The summed E-state index contributed by atoms with van der Waals surface area (Å²) in [7, 11) is -1.93. The second-order valence-electron chi connectivity index (χ2n) is 8.13. The van der Waals surface area contributed by atoms with Crippen LogP contribution in [0.4, 0.5) is 5.82 Å². The summed E-state index contributed by atoms with van der Waals surface area (Å²) in [5.41, 5.74) is -0.156. The molecule has 0 saturated carbocycles. The molecule has 4 rings (SSSR count). The maximum Gasteiger partial charge on any atom is 0.266 e. The maximum absolute atomic E-state index is 13.0. The van der Waals surface area contributed by atoms with Crippen molar-refractivity contribution >= 4 is 50.8 Å². The van der Waals surface area contributed by atoms with Gasteiger partial charge in [-0.2, -0.15) is 9.40 Å². The summed E-state index contributed by atoms with van der Waals surface area (Å²) in [6.45, 7) is 2.72. The molecule has 0 spiro atoms. The second kappa shape index (κ2) is 9.96. The van der Waals surface area contributed by atoms with Crippen molar-refractivity contribution in [3.05, 3.63) is 49.2 Å². The molecule has 2 aliphatic heterocycles. The Morgan fingerprint density at radius 2 is 1.79 bits per heavy atom. The van der Waals surface area contributed by atoms with Gasteiger partial charge >= 0.3 is 0 Å². The van der Waals surface area contributed by atoms with Crippen LogP contribution in [0, 0.1) is 5.92 Å². The summed E-state index contributed by atoms with van der Waals surface area (Å²) in [6, 6.07) is 6.71. The number of piperidine rings is 1. The Morgan fingerprint density at radius 1 is 1.09 bits per heavy atom. The highest BCUT2D eigenvalue weighted by atomic mass is 35.5. The number of aromatic nitrogens is 2. The molecule has 9 nitrogen and oxygen atoms in total. The first-order valence-electron chi connectivity index (χ1n) is 10.7. The van der Waals surface area contributed by atoms with Crippen LogP contribution in [0.5, 0.6) is 0 Å². The van der Waals surface area contributed by atoms with E-state index in [1.54, 1.807) is 36.2 Å². The number of sulfonamides is 1. The number of nitrogens with zero attached hydrogens (tertiary/aromatic N) is 5. The van der Waals surface area contributed by atoms with Gasteiger partial charge in [0.25, 0.3) is 5.56 Å². The third kappa shape index (κ3) is 5.65. The number of halogens is 1. The van der Waals surface area contributed by atoms with Crippen molar-refractivity contribution in [3.8, 4) is 0 Å². The number of rotatable bonds is 5. The van der Waals surface area contributed by atoms with Gasteiger partial charge in [0.2, 0.25) is 15.9 Å². The Labute approximate surface area is 201 Å². The van der Waals surface area contributed by atoms with Crippen LogP contribution in [0.3, 0.4) is 0 Å². The molecule has 1 amide bonds. The van der Waals surface area contributed by atoms with Crippen LogP contribution in [0.1, 0.15) is 17.7 Å². The number of thiophene rings is 1. The molecule has 2 aliphatic rings. The number of piperazine rings is 1. The van der Waals surface area contributed by atoms with E-state index in [2.05, 4.69) is 10.00 Å². The Morgan fingerprint density at radius 3 is 2.39 bits per heavy atom. The molecule has 12 heteroatoms. The Balaban J connectivity index is 1.28. The molecule has 2 aromatic heterocycles. The van der Waals surface area contributed by atoms with Gasteiger partial charge < -0.3 is 9.80 Å². The summed E-state index contributed by atoms with van der Waals surface area (Å²) >= 11 is 7.20. The zero-order valence-electron chi connectivity index (χ0n) is 18.3. The van der Waals surface area contributed by atoms with Crippen LogP contribution in [0.2, 0.25) is 4.34 Å². The fraction of sp³-hybridized carbons (Fsp3) is 0.476. The third-order valence-electron chi connectivity index (χ3n) is 6.02. The Kier molecular flexibility index (Phi) is 7.22. The third-order valence-corrected chi connectivity index (χ3v) is 8.78. The number of anilines is 1. The zero-order chi connectivity index (χ0) is 23.6. The molecule has 0 aliphatic carbocycles. The maximum atomic E-state index is 13.0. The highest BCUT2D eigenvalue weighted by molar-refractivity contribution is 7.92. The fourth-order valence-corrected chi connectivity index (χ4v) is 6.31. The SMILES string of the molecule is Cn1nc(N2CCC(C(=O)N3CCN(S(=O)(=O)/C=C/c4ccc(Cl)s4)CC3)CC2)ccc1=O. The van der Waals surface area contributed by atoms with Gasteiger partial charge in [-0.1, -0.05) is 11.6 Å². The van der Waals surface area contributed by atoms with Gasteiger partial charge in [0.15, 0.2) is 0 Å². The van der Waals surface area contributed by atoms with Crippen LogP contribution in [0.15, 0.2) is 34.5 Å². The van der Waals surface area contributed by atoms with Crippen molar-refractivity contribution in [3.63, 3.8) is 0 Å². The highest BCUT2D eigenvalue weighted by Gasteiger charge is 2.33. The van der Waals surface area contributed by atoms with Crippen LogP contribution < -0.4 is 10.5 Å². The quantitative estimate of drug-likeness (QED) is 0.608. The van der Waals surface area contributed by atoms with Crippen LogP contribution in [0.25, 0.3) is 6.08 Å². The van der Waals surface area contributed by atoms with E-state index in [9.17, 15) is 18.0 Å². The van der Waals surface area contributed by atoms with Crippen molar-refractivity contribution < 1.29 is 13.2 Å². The van der Waals surface area contributed by atoms with Crippen molar-refractivity contribution in [1.29, 1.82) is 0 Å². The van der Waals surface area contributed by atoms with E-state index in [4.69, 9.17) is 11.6 Å². The summed E-state index contributed by atoms with van der Waals surface area (Å²) in [6.07, 6.45) is 2.96. The van der Waals surface area contributed by atoms with Gasteiger partial charge in [0.05, 0.1) is 4.34 Å². The van der Waals surface area contributed by atoms with Crippen molar-refractivity contribution in [1.82, 2.24) is 19.0 Å². The lowest BCUT2D eigenvalue weighted by molar-refractivity contribution is -0.137. The van der Waals surface area contributed by atoms with Crippen molar-refractivity contribution in [2.75, 3.05) is 44.2 Å². The summed E-state index contributed by atoms with van der Waals surface area (Å²) in [4.78, 5) is 29.2. The summed E-state index contributed by atoms with van der Waals surface area (Å²) in [5.74, 6) is 0.740. The molecule has 0 radical (unpaired) electrons. The fourth-order valence-electron chi connectivity index (χ4n) is 4.09. The molecule has 0 N–H and O–H groups in total. The number of aryl methyl sites for hydroxylation is 1. The topological polar surface area (TPSA) is 95.8 Å². The number of hydrogen-bond acceptors (Lipinski definition) is 7. The average Bonchev–Trinajstić information content (AvgIpc) is 3.24. The number of carbonyl (C=O) groups excluding carboxylic acids is 1. The van der Waals surface area contributed by atoms with Crippen LogP contribution in [-0.2, 0) is 21.9 Å². The molecule has 178 valence electrons. The van der Waals surface area contributed by atoms with E-state index in [0.29, 0.717) is 43.4 Å². The molecular weight excluding hydrogens is 486 g/mol. The Bertz CT molecular complexity index is 1190. The second-order valence-corrected chi connectivity index (χ2v) is 11.7. The van der Waals surface area contributed by atoms with E-state index in [1.807, 2.05) is 0 Å². The van der Waals surface area contributed by atoms with E-state index >= 15 is 0 Å². The molecule has 33 heavy (non-hydrogen) atoms. The molecule has 0 unspecified atom stereocenters. The van der Waals surface area contributed by atoms with Crippen molar-refractivity contribution in [2.24, 2.45) is 13.0 Å². The van der Waals surface area contributed by atoms with Gasteiger partial charge in [0.1, 0.15) is 5.82 Å². The standard InChI is InChI=1S/C21H26ClN5O4S2/c1-24-20(28)5-4-19(23-24)25-9-6-16(7-10-25)21(29)26-11-13-27(14-12-26)33(30,31)15-8-17-2-3-18(22)32-17/h2-5,8,15-16H,6-7,9-14H2,1H3/b15-8+. The highest BCUT2D eigenvalue weighted by Crippen LogP contribution is 2.25. The molecule has 0 aromatic carbocycles. The number of carbonyl (C=O) groups is 1. The average molecular weight is 512 g/mol. The van der Waals surface area contributed by atoms with E-state index in [-0.39, 0.29) is 30.5 Å². The first kappa shape index (κ1) is 23.9. The summed E-state index contributed by atoms with van der Waals surface area (Å²) in [5, 5.41) is 5.49. The van der Waals surface area contributed by atoms with E-state index < -0.39 is 10.0 Å². The molecule has 0 bridgehead atoms. The van der Waals surface area contributed by atoms with Gasteiger partial charge in [0, 0.05) is 68.6 Å². The van der Waals surface area contributed by atoms with Crippen molar-refractivity contribution in [2.45, 2.75) is 12.8 Å². The predicted octanol–water partition coefficient (Wildman–Crippen LogP) is 1.86. The first-order chi connectivity index (χ1) is 15.7. The zero-order valence-corrected chi connectivity index (χ0v) is 20.7. The van der Waals surface area contributed by atoms with Crippen LogP contribution in [-0.4, -0.2) is 72.6 Å². The monoisotopic (exact) mass is 511 g/mol. The van der Waals surface area contributed by atoms with Gasteiger partial charge in [-0.15, -0.1) is 11.3 Å². The lowest BCUT2D eigenvalue weighted by Crippen LogP contribution is -2.52. The lowest BCUT2D eigenvalue weighted by Gasteiger charge is -2.38. The summed E-state index contributed by atoms with van der Waals surface area (Å²) < 4.78 is 28.6. The minimum absolute atomic E-state index is 0.0830.